The molecule has 1 aromatic heterocycles. The standard InChI is InChI=1S/C18H16O8/c1-18(2)17(24)13(22)8-5-7-12(21)11-9(20)3-6(19)4-10(11)25-15(7)14(23)16(8)26-18/h3-5,13,17,19-20,22-24H,1-2H3/t13-,17+/m0/s1. The second kappa shape index (κ2) is 5.03. The van der Waals surface area contributed by atoms with Gasteiger partial charge in [-0.05, 0) is 19.9 Å². The normalized spacial score (nSPS) is 21.5. The van der Waals surface area contributed by atoms with Gasteiger partial charge in [0.1, 0.15) is 40.3 Å². The zero-order valence-corrected chi connectivity index (χ0v) is 13.8. The molecule has 1 aliphatic heterocycles. The molecule has 136 valence electrons. The van der Waals surface area contributed by atoms with Crippen molar-refractivity contribution in [3.8, 4) is 23.0 Å². The van der Waals surface area contributed by atoms with Gasteiger partial charge in [-0.3, -0.25) is 4.79 Å². The van der Waals surface area contributed by atoms with Gasteiger partial charge in [0.2, 0.25) is 11.2 Å². The molecule has 2 heterocycles. The van der Waals surface area contributed by atoms with E-state index in [0.717, 1.165) is 12.1 Å². The van der Waals surface area contributed by atoms with Gasteiger partial charge >= 0.3 is 0 Å². The maximum atomic E-state index is 12.8. The number of aliphatic hydroxyl groups is 2. The zero-order chi connectivity index (χ0) is 19.0. The fraction of sp³-hybridized carbons (Fsp3) is 0.278. The van der Waals surface area contributed by atoms with Crippen molar-refractivity contribution in [3.05, 3.63) is 34.0 Å². The van der Waals surface area contributed by atoms with Crippen molar-refractivity contribution >= 4 is 21.9 Å². The fourth-order valence-electron chi connectivity index (χ4n) is 3.27. The molecule has 1 aliphatic rings. The van der Waals surface area contributed by atoms with Gasteiger partial charge < -0.3 is 34.7 Å². The molecule has 8 heteroatoms. The van der Waals surface area contributed by atoms with Crippen molar-refractivity contribution in [3.63, 3.8) is 0 Å². The van der Waals surface area contributed by atoms with Gasteiger partial charge in [-0.1, -0.05) is 0 Å². The molecule has 0 fully saturated rings. The number of aliphatic hydroxyl groups excluding tert-OH is 2. The molecule has 0 bridgehead atoms. The lowest BCUT2D eigenvalue weighted by Gasteiger charge is -2.40. The Morgan fingerprint density at radius 3 is 2.46 bits per heavy atom. The van der Waals surface area contributed by atoms with Crippen LogP contribution in [0.25, 0.3) is 21.9 Å². The van der Waals surface area contributed by atoms with Crippen LogP contribution in [-0.2, 0) is 0 Å². The minimum absolute atomic E-state index is 0.0340. The van der Waals surface area contributed by atoms with Gasteiger partial charge in [-0.25, -0.2) is 0 Å². The quantitative estimate of drug-likeness (QED) is 0.381. The lowest BCUT2D eigenvalue weighted by molar-refractivity contribution is -0.112. The Labute approximate surface area is 146 Å². The van der Waals surface area contributed by atoms with Gasteiger partial charge in [-0.15, -0.1) is 0 Å². The summed E-state index contributed by atoms with van der Waals surface area (Å²) in [6.45, 7) is 3.08. The van der Waals surface area contributed by atoms with Gasteiger partial charge in [-0.2, -0.15) is 0 Å². The second-order valence-corrected chi connectivity index (χ2v) is 6.88. The third-order valence-corrected chi connectivity index (χ3v) is 4.68. The Bertz CT molecular complexity index is 1130. The highest BCUT2D eigenvalue weighted by Crippen LogP contribution is 2.48. The Balaban J connectivity index is 2.15. The van der Waals surface area contributed by atoms with Crippen LogP contribution in [0.1, 0.15) is 25.5 Å². The van der Waals surface area contributed by atoms with Crippen molar-refractivity contribution in [1.29, 1.82) is 0 Å². The summed E-state index contributed by atoms with van der Waals surface area (Å²) < 4.78 is 11.1. The molecule has 2 atom stereocenters. The third-order valence-electron chi connectivity index (χ3n) is 4.68. The molecule has 0 aliphatic carbocycles. The molecule has 8 nitrogen and oxygen atoms in total. The van der Waals surface area contributed by atoms with Gasteiger partial charge in [0, 0.05) is 17.7 Å². The summed E-state index contributed by atoms with van der Waals surface area (Å²) in [6.07, 6.45) is -2.68. The molecule has 2 aromatic carbocycles. The molecule has 0 spiro atoms. The Hall–Kier alpha value is -2.97. The molecule has 4 rings (SSSR count). The van der Waals surface area contributed by atoms with E-state index < -0.39 is 34.7 Å². The van der Waals surface area contributed by atoms with Crippen LogP contribution in [0.3, 0.4) is 0 Å². The van der Waals surface area contributed by atoms with Crippen molar-refractivity contribution < 1.29 is 34.7 Å². The molecular formula is C18H16O8. The summed E-state index contributed by atoms with van der Waals surface area (Å²) in [4.78, 5) is 12.8. The number of fused-ring (bicyclic) bond motifs is 3. The summed E-state index contributed by atoms with van der Waals surface area (Å²) in [5, 5.41) is 50.4. The number of ether oxygens (including phenoxy) is 1. The molecule has 5 N–H and O–H groups in total. The monoisotopic (exact) mass is 360 g/mol. The zero-order valence-electron chi connectivity index (χ0n) is 13.8. The number of phenols is 3. The van der Waals surface area contributed by atoms with E-state index in [4.69, 9.17) is 9.15 Å². The molecule has 3 aromatic rings. The maximum absolute atomic E-state index is 12.8. The van der Waals surface area contributed by atoms with Crippen LogP contribution in [0, 0.1) is 0 Å². The highest BCUT2D eigenvalue weighted by atomic mass is 16.5. The predicted octanol–water partition coefficient (Wildman–Crippen LogP) is 1.63. The van der Waals surface area contributed by atoms with Crippen molar-refractivity contribution in [1.82, 2.24) is 0 Å². The van der Waals surface area contributed by atoms with Gasteiger partial charge in [0.25, 0.3) is 0 Å². The van der Waals surface area contributed by atoms with Crippen LogP contribution in [0.15, 0.2) is 27.4 Å². The van der Waals surface area contributed by atoms with Gasteiger partial charge in [0.15, 0.2) is 11.3 Å². The first kappa shape index (κ1) is 16.5. The average molecular weight is 360 g/mol. The van der Waals surface area contributed by atoms with E-state index in [9.17, 15) is 30.3 Å². The first-order valence-electron chi connectivity index (χ1n) is 7.85. The van der Waals surface area contributed by atoms with E-state index in [0.29, 0.717) is 0 Å². The first-order valence-corrected chi connectivity index (χ1v) is 7.85. The lowest BCUT2D eigenvalue weighted by Crippen LogP contribution is -2.48. The van der Waals surface area contributed by atoms with Crippen molar-refractivity contribution in [2.75, 3.05) is 0 Å². The molecule has 0 saturated carbocycles. The Morgan fingerprint density at radius 2 is 1.77 bits per heavy atom. The van der Waals surface area contributed by atoms with E-state index in [2.05, 4.69) is 0 Å². The van der Waals surface area contributed by atoms with Crippen molar-refractivity contribution in [2.24, 2.45) is 0 Å². The van der Waals surface area contributed by atoms with E-state index in [-0.39, 0.29) is 39.0 Å². The summed E-state index contributed by atoms with van der Waals surface area (Å²) in [5.74, 6) is -1.41. The van der Waals surface area contributed by atoms with E-state index in [1.54, 1.807) is 13.8 Å². The minimum atomic E-state index is -1.40. The molecular weight excluding hydrogens is 344 g/mol. The molecule has 0 saturated heterocycles. The summed E-state index contributed by atoms with van der Waals surface area (Å²) in [5.41, 5.74) is -2.16. The summed E-state index contributed by atoms with van der Waals surface area (Å²) in [7, 11) is 0. The number of benzene rings is 2. The van der Waals surface area contributed by atoms with Crippen LogP contribution in [0.2, 0.25) is 0 Å². The molecule has 26 heavy (non-hydrogen) atoms. The average Bonchev–Trinajstić information content (AvgIpc) is 2.54. The highest BCUT2D eigenvalue weighted by Gasteiger charge is 2.44. The summed E-state index contributed by atoms with van der Waals surface area (Å²) in [6, 6.07) is 3.39. The maximum Gasteiger partial charge on any atom is 0.204 e. The fourth-order valence-corrected chi connectivity index (χ4v) is 3.27. The minimum Gasteiger partial charge on any atom is -0.508 e. The smallest absolute Gasteiger partial charge is 0.204 e. The molecule has 0 radical (unpaired) electrons. The number of aromatic hydroxyl groups is 3. The number of rotatable bonds is 0. The number of phenolic OH excluding ortho intramolecular Hbond substituents is 3. The highest BCUT2D eigenvalue weighted by molar-refractivity contribution is 5.97. The molecule has 0 amide bonds. The van der Waals surface area contributed by atoms with Crippen molar-refractivity contribution in [2.45, 2.75) is 31.7 Å². The van der Waals surface area contributed by atoms with Crippen LogP contribution >= 0.6 is 0 Å². The van der Waals surface area contributed by atoms with Crippen LogP contribution < -0.4 is 10.2 Å². The van der Waals surface area contributed by atoms with E-state index >= 15 is 0 Å². The van der Waals surface area contributed by atoms with Crippen LogP contribution in [-0.4, -0.2) is 37.2 Å². The lowest BCUT2D eigenvalue weighted by atomic mass is 9.87. The third kappa shape index (κ3) is 2.06. The Kier molecular flexibility index (Phi) is 3.19. The predicted molar refractivity (Wildman–Crippen MR) is 90.7 cm³/mol. The SMILES string of the molecule is CC1(C)Oc2c(cc3c(=O)c4c(O)cc(O)cc4oc3c2O)[C@H](O)[C@H]1O. The van der Waals surface area contributed by atoms with E-state index in [1.807, 2.05) is 0 Å². The Morgan fingerprint density at radius 1 is 1.08 bits per heavy atom. The van der Waals surface area contributed by atoms with Crippen LogP contribution in [0.4, 0.5) is 0 Å². The topological polar surface area (TPSA) is 141 Å². The van der Waals surface area contributed by atoms with Gasteiger partial charge in [0.05, 0.1) is 5.39 Å². The largest absolute Gasteiger partial charge is 0.508 e. The molecule has 0 unspecified atom stereocenters. The van der Waals surface area contributed by atoms with E-state index in [1.165, 1.54) is 6.07 Å². The van der Waals surface area contributed by atoms with Crippen LogP contribution in [0.5, 0.6) is 23.0 Å². The summed E-state index contributed by atoms with van der Waals surface area (Å²) >= 11 is 0. The first-order chi connectivity index (χ1) is 12.1. The second-order valence-electron chi connectivity index (χ2n) is 6.88. The number of hydrogen-bond acceptors (Lipinski definition) is 8. The number of hydrogen-bond donors (Lipinski definition) is 5.